The number of pyridine rings is 1. The van der Waals surface area contributed by atoms with Gasteiger partial charge in [-0.3, -0.25) is 9.78 Å². The summed E-state index contributed by atoms with van der Waals surface area (Å²) in [5.74, 6) is -0.0179. The maximum atomic E-state index is 13.4. The summed E-state index contributed by atoms with van der Waals surface area (Å²) < 4.78 is 5.88. The van der Waals surface area contributed by atoms with Gasteiger partial charge in [0.05, 0.1) is 29.6 Å². The lowest BCUT2D eigenvalue weighted by Crippen LogP contribution is -2.55. The molecular weight excluding hydrogens is 356 g/mol. The molecule has 2 saturated heterocycles. The summed E-state index contributed by atoms with van der Waals surface area (Å²) in [4.78, 5) is 19.6. The second-order valence-corrected chi connectivity index (χ2v) is 7.81. The van der Waals surface area contributed by atoms with Crippen LogP contribution in [0.5, 0.6) is 0 Å². The Bertz CT molecular complexity index is 847. The molecular formula is C22H26N2O4. The molecule has 28 heavy (non-hydrogen) atoms. The highest BCUT2D eigenvalue weighted by molar-refractivity contribution is 6.01. The highest BCUT2D eigenvalue weighted by atomic mass is 16.5. The van der Waals surface area contributed by atoms with Crippen LogP contribution < -0.4 is 0 Å². The second-order valence-electron chi connectivity index (χ2n) is 7.81. The fraction of sp³-hybridized carbons (Fsp3) is 0.455. The van der Waals surface area contributed by atoms with Gasteiger partial charge in [-0.05, 0) is 37.0 Å². The Morgan fingerprint density at radius 3 is 2.54 bits per heavy atom. The number of rotatable bonds is 2. The van der Waals surface area contributed by atoms with Crippen molar-refractivity contribution in [2.24, 2.45) is 0 Å². The van der Waals surface area contributed by atoms with Gasteiger partial charge >= 0.3 is 0 Å². The predicted octanol–water partition coefficient (Wildman–Crippen LogP) is 2.17. The average Bonchev–Trinajstić information content (AvgIpc) is 2.72. The third kappa shape index (κ3) is 3.55. The van der Waals surface area contributed by atoms with E-state index in [4.69, 9.17) is 4.74 Å². The van der Waals surface area contributed by atoms with Crippen molar-refractivity contribution in [2.75, 3.05) is 19.7 Å². The van der Waals surface area contributed by atoms with Crippen molar-refractivity contribution >= 4 is 5.91 Å². The summed E-state index contributed by atoms with van der Waals surface area (Å²) in [6.45, 7) is 3.14. The van der Waals surface area contributed by atoms with E-state index in [1.165, 1.54) is 0 Å². The fourth-order valence-corrected chi connectivity index (χ4v) is 4.27. The van der Waals surface area contributed by atoms with Gasteiger partial charge in [0.15, 0.2) is 0 Å². The van der Waals surface area contributed by atoms with Crippen molar-refractivity contribution < 1.29 is 19.7 Å². The number of aryl methyl sites for hydroxylation is 1. The third-order valence-electron chi connectivity index (χ3n) is 5.99. The first-order chi connectivity index (χ1) is 13.5. The molecule has 2 aliphatic heterocycles. The minimum absolute atomic E-state index is 0.0179. The van der Waals surface area contributed by atoms with Gasteiger partial charge in [-0.2, -0.15) is 0 Å². The molecule has 1 aromatic heterocycles. The number of carbonyl (C=O) groups excluding carboxylic acids is 1. The van der Waals surface area contributed by atoms with E-state index >= 15 is 0 Å². The summed E-state index contributed by atoms with van der Waals surface area (Å²) in [6, 6.07) is 11.8. The maximum absolute atomic E-state index is 13.4. The molecule has 4 rings (SSSR count). The van der Waals surface area contributed by atoms with Gasteiger partial charge in [0.2, 0.25) is 0 Å². The number of likely N-dealkylation sites (tertiary alicyclic amines) is 1. The van der Waals surface area contributed by atoms with Crippen LogP contribution in [0.4, 0.5) is 0 Å². The highest BCUT2D eigenvalue weighted by Gasteiger charge is 2.43. The lowest BCUT2D eigenvalue weighted by atomic mass is 9.82. The molecule has 1 amide bonds. The number of carbonyl (C=O) groups is 1. The molecule has 0 unspecified atom stereocenters. The van der Waals surface area contributed by atoms with E-state index in [1.807, 2.05) is 48.2 Å². The van der Waals surface area contributed by atoms with E-state index in [2.05, 4.69) is 4.98 Å². The number of nitrogens with zero attached hydrogens (tertiary/aromatic N) is 2. The van der Waals surface area contributed by atoms with Crippen molar-refractivity contribution in [1.29, 1.82) is 0 Å². The molecule has 2 N–H and O–H groups in total. The monoisotopic (exact) mass is 382 g/mol. The van der Waals surface area contributed by atoms with Crippen molar-refractivity contribution in [1.82, 2.24) is 9.88 Å². The fourth-order valence-electron chi connectivity index (χ4n) is 4.27. The standard InChI is InChI=1S/C22H26N2O4/c1-15-20(17(7-10-23-15)16-5-3-2-4-6-16)21(27)24-11-8-22(9-12-24)13-18(25)19(26)14-28-22/h2-7,10,18-19,25-26H,8-9,11-14H2,1H3/t18-,19+/m1/s1. The van der Waals surface area contributed by atoms with Crippen LogP contribution in [-0.2, 0) is 4.74 Å². The summed E-state index contributed by atoms with van der Waals surface area (Å²) in [6.07, 6.45) is 1.88. The number of aliphatic hydroxyl groups excluding tert-OH is 2. The molecule has 0 saturated carbocycles. The van der Waals surface area contributed by atoms with Crippen LogP contribution in [0.1, 0.15) is 35.3 Å². The molecule has 0 bridgehead atoms. The molecule has 1 spiro atoms. The van der Waals surface area contributed by atoms with Gasteiger partial charge in [0.25, 0.3) is 5.91 Å². The number of hydrogen-bond donors (Lipinski definition) is 2. The quantitative estimate of drug-likeness (QED) is 0.832. The van der Waals surface area contributed by atoms with Gasteiger partial charge in [-0.15, -0.1) is 0 Å². The van der Waals surface area contributed by atoms with Crippen LogP contribution in [-0.4, -0.2) is 63.5 Å². The van der Waals surface area contributed by atoms with E-state index in [0.717, 1.165) is 16.8 Å². The number of piperidine rings is 1. The Kier molecular flexibility index (Phi) is 5.19. The smallest absolute Gasteiger partial charge is 0.256 e. The summed E-state index contributed by atoms with van der Waals surface area (Å²) in [5.41, 5.74) is 2.81. The summed E-state index contributed by atoms with van der Waals surface area (Å²) >= 11 is 0. The topological polar surface area (TPSA) is 82.9 Å². The van der Waals surface area contributed by atoms with Crippen molar-refractivity contribution in [2.45, 2.75) is 44.0 Å². The normalized spacial score (nSPS) is 24.3. The number of hydrogen-bond acceptors (Lipinski definition) is 5. The lowest BCUT2D eigenvalue weighted by Gasteiger charge is -2.46. The van der Waals surface area contributed by atoms with Crippen molar-refractivity contribution in [3.8, 4) is 11.1 Å². The van der Waals surface area contributed by atoms with Crippen LogP contribution in [0.3, 0.4) is 0 Å². The van der Waals surface area contributed by atoms with Crippen molar-refractivity contribution in [3.63, 3.8) is 0 Å². The van der Waals surface area contributed by atoms with Crippen molar-refractivity contribution in [3.05, 3.63) is 53.9 Å². The van der Waals surface area contributed by atoms with Crippen LogP contribution in [0.2, 0.25) is 0 Å². The average molecular weight is 382 g/mol. The molecule has 3 heterocycles. The predicted molar refractivity (Wildman–Crippen MR) is 105 cm³/mol. The summed E-state index contributed by atoms with van der Waals surface area (Å²) in [5, 5.41) is 19.7. The van der Waals surface area contributed by atoms with Crippen LogP contribution in [0, 0.1) is 6.92 Å². The second kappa shape index (κ2) is 7.62. The van der Waals surface area contributed by atoms with Gasteiger partial charge < -0.3 is 19.8 Å². The largest absolute Gasteiger partial charge is 0.390 e. The third-order valence-corrected chi connectivity index (χ3v) is 5.99. The zero-order chi connectivity index (χ0) is 19.7. The Morgan fingerprint density at radius 1 is 1.14 bits per heavy atom. The lowest BCUT2D eigenvalue weighted by molar-refractivity contribution is -0.185. The van der Waals surface area contributed by atoms with Gasteiger partial charge in [0.1, 0.15) is 6.10 Å². The van der Waals surface area contributed by atoms with E-state index in [9.17, 15) is 15.0 Å². The van der Waals surface area contributed by atoms with Gasteiger partial charge in [-0.1, -0.05) is 30.3 Å². The number of benzene rings is 1. The minimum Gasteiger partial charge on any atom is -0.390 e. The minimum atomic E-state index is -0.822. The number of aromatic nitrogens is 1. The number of aliphatic hydroxyl groups is 2. The molecule has 0 aliphatic carbocycles. The SMILES string of the molecule is Cc1nccc(-c2ccccc2)c1C(=O)N1CCC2(CC1)C[C@@H](O)[C@@H](O)CO2. The van der Waals surface area contributed by atoms with Crippen LogP contribution >= 0.6 is 0 Å². The van der Waals surface area contributed by atoms with Crippen LogP contribution in [0.25, 0.3) is 11.1 Å². The maximum Gasteiger partial charge on any atom is 0.256 e. The molecule has 2 fully saturated rings. The van der Waals surface area contributed by atoms with Crippen LogP contribution in [0.15, 0.2) is 42.6 Å². The Morgan fingerprint density at radius 2 is 1.86 bits per heavy atom. The molecule has 6 heteroatoms. The Balaban J connectivity index is 1.54. The van der Waals surface area contributed by atoms with Gasteiger partial charge in [0, 0.05) is 25.7 Å². The van der Waals surface area contributed by atoms with E-state index in [1.54, 1.807) is 6.20 Å². The first kappa shape index (κ1) is 19.1. The first-order valence-electron chi connectivity index (χ1n) is 9.79. The molecule has 1 aromatic carbocycles. The molecule has 2 aromatic rings. The highest BCUT2D eigenvalue weighted by Crippen LogP contribution is 2.36. The first-order valence-corrected chi connectivity index (χ1v) is 9.79. The van der Waals surface area contributed by atoms with E-state index in [0.29, 0.717) is 37.9 Å². The molecule has 2 atom stereocenters. The number of amides is 1. The Labute approximate surface area is 164 Å². The molecule has 0 radical (unpaired) electrons. The zero-order valence-electron chi connectivity index (χ0n) is 16.0. The molecule has 148 valence electrons. The number of ether oxygens (including phenoxy) is 1. The molecule has 2 aliphatic rings. The van der Waals surface area contributed by atoms with E-state index in [-0.39, 0.29) is 12.5 Å². The van der Waals surface area contributed by atoms with Gasteiger partial charge in [-0.25, -0.2) is 0 Å². The summed E-state index contributed by atoms with van der Waals surface area (Å²) in [7, 11) is 0. The Hall–Kier alpha value is -2.28. The molecule has 6 nitrogen and oxygen atoms in total. The van der Waals surface area contributed by atoms with E-state index < -0.39 is 17.8 Å². The zero-order valence-corrected chi connectivity index (χ0v) is 16.0.